The zero-order chi connectivity index (χ0) is 17.0. The molecular formula is C16H22ClN5O. The SMILES string of the molecule is CC(C)c1nc(NC(CO)c2ccc(Cl)cc2)nc(N(C)C)n1. The van der Waals surface area contributed by atoms with E-state index in [2.05, 4.69) is 20.3 Å². The predicted molar refractivity (Wildman–Crippen MR) is 93.1 cm³/mol. The lowest BCUT2D eigenvalue weighted by molar-refractivity contribution is 0.276. The second-order valence-electron chi connectivity index (χ2n) is 5.80. The Hall–Kier alpha value is -1.92. The lowest BCUT2D eigenvalue weighted by Crippen LogP contribution is -2.20. The van der Waals surface area contributed by atoms with Crippen molar-refractivity contribution in [1.82, 2.24) is 15.0 Å². The van der Waals surface area contributed by atoms with Crippen molar-refractivity contribution in [2.24, 2.45) is 0 Å². The van der Waals surface area contributed by atoms with Crippen LogP contribution >= 0.6 is 11.6 Å². The highest BCUT2D eigenvalue weighted by molar-refractivity contribution is 6.30. The van der Waals surface area contributed by atoms with Crippen molar-refractivity contribution in [2.45, 2.75) is 25.8 Å². The Kier molecular flexibility index (Phi) is 5.74. The van der Waals surface area contributed by atoms with Crippen molar-refractivity contribution >= 4 is 23.5 Å². The smallest absolute Gasteiger partial charge is 0.229 e. The molecule has 0 aliphatic rings. The molecule has 0 bridgehead atoms. The number of aromatic nitrogens is 3. The minimum absolute atomic E-state index is 0.0817. The summed E-state index contributed by atoms with van der Waals surface area (Å²) in [6, 6.07) is 7.00. The first-order valence-corrected chi connectivity index (χ1v) is 7.84. The van der Waals surface area contributed by atoms with E-state index in [9.17, 15) is 5.11 Å². The average Bonchev–Trinajstić information content (AvgIpc) is 2.53. The number of hydrogen-bond acceptors (Lipinski definition) is 6. The van der Waals surface area contributed by atoms with Gasteiger partial charge in [-0.1, -0.05) is 37.6 Å². The van der Waals surface area contributed by atoms with Crippen LogP contribution in [0.1, 0.15) is 37.2 Å². The van der Waals surface area contributed by atoms with Gasteiger partial charge >= 0.3 is 0 Å². The van der Waals surface area contributed by atoms with E-state index in [4.69, 9.17) is 11.6 Å². The fraction of sp³-hybridized carbons (Fsp3) is 0.438. The summed E-state index contributed by atoms with van der Waals surface area (Å²) >= 11 is 5.91. The van der Waals surface area contributed by atoms with Crippen molar-refractivity contribution in [1.29, 1.82) is 0 Å². The highest BCUT2D eigenvalue weighted by atomic mass is 35.5. The van der Waals surface area contributed by atoms with Gasteiger partial charge in [-0.15, -0.1) is 0 Å². The first-order chi connectivity index (χ1) is 10.9. The second-order valence-corrected chi connectivity index (χ2v) is 6.23. The molecule has 1 unspecified atom stereocenters. The molecule has 0 spiro atoms. The summed E-state index contributed by atoms with van der Waals surface area (Å²) in [6.07, 6.45) is 0. The van der Waals surface area contributed by atoms with Crippen molar-refractivity contribution in [3.05, 3.63) is 40.7 Å². The predicted octanol–water partition coefficient (Wildman–Crippen LogP) is 2.86. The van der Waals surface area contributed by atoms with Crippen LogP contribution in [0.25, 0.3) is 0 Å². The summed E-state index contributed by atoms with van der Waals surface area (Å²) < 4.78 is 0. The van der Waals surface area contributed by atoms with Gasteiger partial charge in [-0.3, -0.25) is 0 Å². The molecule has 0 radical (unpaired) electrons. The van der Waals surface area contributed by atoms with Crippen LogP contribution < -0.4 is 10.2 Å². The summed E-state index contributed by atoms with van der Waals surface area (Å²) in [5.74, 6) is 1.92. The molecule has 2 N–H and O–H groups in total. The molecule has 1 atom stereocenters. The van der Waals surface area contributed by atoms with Crippen LogP contribution in [0.5, 0.6) is 0 Å². The van der Waals surface area contributed by atoms with Gasteiger partial charge in [0, 0.05) is 25.0 Å². The Morgan fingerprint density at radius 3 is 2.30 bits per heavy atom. The van der Waals surface area contributed by atoms with E-state index in [0.29, 0.717) is 22.7 Å². The molecular weight excluding hydrogens is 314 g/mol. The van der Waals surface area contributed by atoms with Gasteiger partial charge in [-0.2, -0.15) is 15.0 Å². The maximum atomic E-state index is 9.69. The number of aliphatic hydroxyl groups excluding tert-OH is 1. The molecule has 23 heavy (non-hydrogen) atoms. The number of anilines is 2. The van der Waals surface area contributed by atoms with Crippen LogP contribution in [-0.4, -0.2) is 40.8 Å². The third kappa shape index (κ3) is 4.53. The van der Waals surface area contributed by atoms with E-state index in [1.54, 1.807) is 12.1 Å². The number of rotatable bonds is 6. The summed E-state index contributed by atoms with van der Waals surface area (Å²) in [7, 11) is 3.76. The van der Waals surface area contributed by atoms with Crippen LogP contribution in [0.4, 0.5) is 11.9 Å². The van der Waals surface area contributed by atoms with Gasteiger partial charge in [0.25, 0.3) is 0 Å². The lowest BCUT2D eigenvalue weighted by Gasteiger charge is -2.19. The van der Waals surface area contributed by atoms with Crippen LogP contribution in [0.3, 0.4) is 0 Å². The van der Waals surface area contributed by atoms with Gasteiger partial charge in [0.1, 0.15) is 5.82 Å². The van der Waals surface area contributed by atoms with Crippen LogP contribution in [0.15, 0.2) is 24.3 Å². The monoisotopic (exact) mass is 335 g/mol. The number of benzene rings is 1. The van der Waals surface area contributed by atoms with Gasteiger partial charge in [-0.05, 0) is 17.7 Å². The van der Waals surface area contributed by atoms with E-state index in [1.165, 1.54) is 0 Å². The molecule has 1 aromatic carbocycles. The van der Waals surface area contributed by atoms with Crippen molar-refractivity contribution < 1.29 is 5.11 Å². The highest BCUT2D eigenvalue weighted by Gasteiger charge is 2.15. The van der Waals surface area contributed by atoms with E-state index in [1.807, 2.05) is 45.0 Å². The fourth-order valence-electron chi connectivity index (χ4n) is 1.99. The standard InChI is InChI=1S/C16H22ClN5O/c1-10(2)14-19-15(21-16(20-14)22(3)4)18-13(9-23)11-5-7-12(17)8-6-11/h5-8,10,13,23H,9H2,1-4H3,(H,18,19,20,21). The Bertz CT molecular complexity index is 619. The van der Waals surface area contributed by atoms with Gasteiger partial charge in [0.15, 0.2) is 0 Å². The molecule has 0 fully saturated rings. The first-order valence-electron chi connectivity index (χ1n) is 7.47. The van der Waals surface area contributed by atoms with Crippen molar-refractivity contribution in [2.75, 3.05) is 30.9 Å². The molecule has 1 aromatic heterocycles. The average molecular weight is 336 g/mol. The topological polar surface area (TPSA) is 74.2 Å². The molecule has 7 heteroatoms. The quantitative estimate of drug-likeness (QED) is 0.845. The van der Waals surface area contributed by atoms with E-state index < -0.39 is 0 Å². The molecule has 0 saturated heterocycles. The molecule has 124 valence electrons. The maximum absolute atomic E-state index is 9.69. The summed E-state index contributed by atoms with van der Waals surface area (Å²) in [6.45, 7) is 3.98. The normalized spacial score (nSPS) is 12.3. The van der Waals surface area contributed by atoms with E-state index >= 15 is 0 Å². The Balaban J connectivity index is 2.31. The third-order valence-corrected chi connectivity index (χ3v) is 3.57. The van der Waals surface area contributed by atoms with Crippen molar-refractivity contribution in [3.8, 4) is 0 Å². The minimum atomic E-state index is -0.315. The summed E-state index contributed by atoms with van der Waals surface area (Å²) in [4.78, 5) is 15.1. The highest BCUT2D eigenvalue weighted by Crippen LogP contribution is 2.21. The Labute approximate surface area is 141 Å². The number of aliphatic hydroxyl groups is 1. The molecule has 0 aliphatic heterocycles. The molecule has 2 aromatic rings. The largest absolute Gasteiger partial charge is 0.394 e. The number of nitrogens with one attached hydrogen (secondary N) is 1. The second kappa shape index (κ2) is 7.57. The molecule has 6 nitrogen and oxygen atoms in total. The Morgan fingerprint density at radius 2 is 1.78 bits per heavy atom. The van der Waals surface area contributed by atoms with Crippen LogP contribution in [0.2, 0.25) is 5.02 Å². The van der Waals surface area contributed by atoms with E-state index in [-0.39, 0.29) is 18.6 Å². The van der Waals surface area contributed by atoms with Gasteiger partial charge < -0.3 is 15.3 Å². The third-order valence-electron chi connectivity index (χ3n) is 3.32. The zero-order valence-corrected chi connectivity index (χ0v) is 14.5. The number of nitrogens with zero attached hydrogens (tertiary/aromatic N) is 4. The molecule has 1 heterocycles. The Morgan fingerprint density at radius 1 is 1.13 bits per heavy atom. The van der Waals surface area contributed by atoms with Crippen molar-refractivity contribution in [3.63, 3.8) is 0 Å². The summed E-state index contributed by atoms with van der Waals surface area (Å²) in [5, 5.41) is 13.5. The molecule has 0 saturated carbocycles. The molecule has 2 rings (SSSR count). The number of halogens is 1. The zero-order valence-electron chi connectivity index (χ0n) is 13.8. The van der Waals surface area contributed by atoms with Gasteiger partial charge in [0.05, 0.1) is 12.6 Å². The van der Waals surface area contributed by atoms with Crippen LogP contribution in [0, 0.1) is 0 Å². The fourth-order valence-corrected chi connectivity index (χ4v) is 2.11. The number of hydrogen-bond donors (Lipinski definition) is 2. The van der Waals surface area contributed by atoms with Gasteiger partial charge in [-0.25, -0.2) is 0 Å². The van der Waals surface area contributed by atoms with Gasteiger partial charge in [0.2, 0.25) is 11.9 Å². The van der Waals surface area contributed by atoms with Crippen LogP contribution in [-0.2, 0) is 0 Å². The van der Waals surface area contributed by atoms with E-state index in [0.717, 1.165) is 5.56 Å². The molecule has 0 amide bonds. The minimum Gasteiger partial charge on any atom is -0.394 e. The maximum Gasteiger partial charge on any atom is 0.229 e. The first kappa shape index (κ1) is 17.4. The molecule has 0 aliphatic carbocycles. The summed E-state index contributed by atoms with van der Waals surface area (Å²) in [5.41, 5.74) is 0.912. The lowest BCUT2D eigenvalue weighted by atomic mass is 10.1.